The van der Waals surface area contributed by atoms with Gasteiger partial charge >= 0.3 is 0 Å². The molecule has 21 heavy (non-hydrogen) atoms. The van der Waals surface area contributed by atoms with E-state index >= 15 is 0 Å². The van der Waals surface area contributed by atoms with Crippen LogP contribution in [0.1, 0.15) is 37.8 Å². The Balaban J connectivity index is 1.57. The fraction of sp³-hybridized carbons (Fsp3) is 0.667. The third-order valence-corrected chi connectivity index (χ3v) is 5.37. The van der Waals surface area contributed by atoms with E-state index in [1.165, 1.54) is 4.90 Å². The molecule has 1 aliphatic heterocycles. The summed E-state index contributed by atoms with van der Waals surface area (Å²) in [4.78, 5) is 26.1. The highest BCUT2D eigenvalue weighted by molar-refractivity contribution is 9.10. The predicted molar refractivity (Wildman–Crippen MR) is 81.4 cm³/mol. The van der Waals surface area contributed by atoms with Crippen molar-refractivity contribution in [3.63, 3.8) is 0 Å². The van der Waals surface area contributed by atoms with Crippen molar-refractivity contribution < 1.29 is 9.59 Å². The second-order valence-electron chi connectivity index (χ2n) is 6.00. The van der Waals surface area contributed by atoms with Gasteiger partial charge in [-0.25, -0.2) is 0 Å². The van der Waals surface area contributed by atoms with Crippen LogP contribution in [0.15, 0.2) is 10.7 Å². The summed E-state index contributed by atoms with van der Waals surface area (Å²) >= 11 is 3.43. The van der Waals surface area contributed by atoms with Gasteiger partial charge in [-0.3, -0.25) is 19.2 Å². The maximum absolute atomic E-state index is 12.3. The Bertz CT molecular complexity index is 526. The third-order valence-electron chi connectivity index (χ3n) is 4.59. The quantitative estimate of drug-likeness (QED) is 0.781. The van der Waals surface area contributed by atoms with Gasteiger partial charge in [-0.15, -0.1) is 0 Å². The highest BCUT2D eigenvalue weighted by Crippen LogP contribution is 2.37. The standard InChI is InChI=1S/C15H20BrN3O2/c1-10-13(16)9-18(17-10)7-4-8-19-14(20)11-5-2-3-6-12(11)15(19)21/h9,11-12H,2-8H2,1H3/t11-,12-/m0/s1. The van der Waals surface area contributed by atoms with Gasteiger partial charge in [0, 0.05) is 19.3 Å². The summed E-state index contributed by atoms with van der Waals surface area (Å²) in [6.45, 7) is 3.18. The van der Waals surface area contributed by atoms with Gasteiger partial charge in [-0.1, -0.05) is 12.8 Å². The maximum atomic E-state index is 12.3. The second-order valence-corrected chi connectivity index (χ2v) is 6.86. The molecular weight excluding hydrogens is 334 g/mol. The van der Waals surface area contributed by atoms with Crippen LogP contribution < -0.4 is 0 Å². The summed E-state index contributed by atoms with van der Waals surface area (Å²) in [6, 6.07) is 0. The van der Waals surface area contributed by atoms with Crippen molar-refractivity contribution in [2.75, 3.05) is 6.54 Å². The Hall–Kier alpha value is -1.17. The van der Waals surface area contributed by atoms with Crippen LogP contribution in [0.3, 0.4) is 0 Å². The Labute approximate surface area is 132 Å². The first-order chi connectivity index (χ1) is 10.1. The molecule has 1 saturated carbocycles. The van der Waals surface area contributed by atoms with E-state index in [2.05, 4.69) is 21.0 Å². The maximum Gasteiger partial charge on any atom is 0.233 e. The number of amides is 2. The highest BCUT2D eigenvalue weighted by Gasteiger charge is 2.47. The Morgan fingerprint density at radius 2 is 1.81 bits per heavy atom. The van der Waals surface area contributed by atoms with E-state index in [0.717, 1.165) is 48.8 Å². The fourth-order valence-corrected chi connectivity index (χ4v) is 3.77. The molecule has 0 N–H and O–H groups in total. The number of halogens is 1. The molecule has 0 unspecified atom stereocenters. The van der Waals surface area contributed by atoms with Crippen molar-refractivity contribution in [2.45, 2.75) is 45.6 Å². The molecule has 6 heteroatoms. The van der Waals surface area contributed by atoms with E-state index in [0.29, 0.717) is 6.54 Å². The zero-order valence-corrected chi connectivity index (χ0v) is 13.8. The summed E-state index contributed by atoms with van der Waals surface area (Å²) < 4.78 is 2.85. The lowest BCUT2D eigenvalue weighted by molar-refractivity contribution is -0.140. The number of fused-ring (bicyclic) bond motifs is 1. The Kier molecular flexibility index (Phi) is 4.15. The fourth-order valence-electron chi connectivity index (χ4n) is 3.45. The number of hydrogen-bond donors (Lipinski definition) is 0. The molecule has 1 aromatic rings. The van der Waals surface area contributed by atoms with E-state index in [-0.39, 0.29) is 23.7 Å². The van der Waals surface area contributed by atoms with E-state index < -0.39 is 0 Å². The summed E-state index contributed by atoms with van der Waals surface area (Å²) in [6.07, 6.45) is 6.62. The van der Waals surface area contributed by atoms with Crippen molar-refractivity contribution in [2.24, 2.45) is 11.8 Å². The summed E-state index contributed by atoms with van der Waals surface area (Å²) in [5.41, 5.74) is 0.953. The molecule has 0 bridgehead atoms. The molecule has 1 saturated heterocycles. The first-order valence-corrected chi connectivity index (χ1v) is 8.42. The average Bonchev–Trinajstić information content (AvgIpc) is 2.92. The van der Waals surface area contributed by atoms with Crippen LogP contribution in [0, 0.1) is 18.8 Å². The lowest BCUT2D eigenvalue weighted by atomic mass is 9.81. The number of aryl methyl sites for hydroxylation is 2. The normalized spacial score (nSPS) is 25.5. The minimum Gasteiger partial charge on any atom is -0.282 e. The predicted octanol–water partition coefficient (Wildman–Crippen LogP) is 2.52. The van der Waals surface area contributed by atoms with Gasteiger partial charge in [0.15, 0.2) is 0 Å². The zero-order valence-electron chi connectivity index (χ0n) is 12.2. The zero-order chi connectivity index (χ0) is 15.0. The molecule has 2 fully saturated rings. The summed E-state index contributed by atoms with van der Waals surface area (Å²) in [7, 11) is 0. The molecule has 0 spiro atoms. The van der Waals surface area contributed by atoms with Crippen LogP contribution in [-0.4, -0.2) is 33.0 Å². The average molecular weight is 354 g/mol. The lowest BCUT2D eigenvalue weighted by Gasteiger charge is -2.19. The molecule has 2 atom stereocenters. The van der Waals surface area contributed by atoms with Gasteiger partial charge in [-0.05, 0) is 42.1 Å². The van der Waals surface area contributed by atoms with Gasteiger partial charge in [0.05, 0.1) is 22.0 Å². The van der Waals surface area contributed by atoms with E-state index in [4.69, 9.17) is 0 Å². The first kappa shape index (κ1) is 14.8. The minimum absolute atomic E-state index is 0.0349. The summed E-state index contributed by atoms with van der Waals surface area (Å²) in [5.74, 6) is 0.0461. The molecule has 114 valence electrons. The molecular formula is C15H20BrN3O2. The monoisotopic (exact) mass is 353 g/mol. The number of carbonyl (C=O) groups is 2. The van der Waals surface area contributed by atoms with E-state index in [1.54, 1.807) is 0 Å². The van der Waals surface area contributed by atoms with Crippen molar-refractivity contribution in [3.8, 4) is 0 Å². The topological polar surface area (TPSA) is 55.2 Å². The molecule has 2 aliphatic rings. The highest BCUT2D eigenvalue weighted by atomic mass is 79.9. The smallest absolute Gasteiger partial charge is 0.233 e. The van der Waals surface area contributed by atoms with E-state index in [1.807, 2.05) is 17.8 Å². The Morgan fingerprint density at radius 3 is 2.33 bits per heavy atom. The minimum atomic E-state index is -0.0349. The molecule has 0 radical (unpaired) electrons. The molecule has 2 amide bonds. The second kappa shape index (κ2) is 5.91. The summed E-state index contributed by atoms with van der Waals surface area (Å²) in [5, 5.41) is 4.37. The number of carbonyl (C=O) groups excluding carboxylic acids is 2. The van der Waals surface area contributed by atoms with Gasteiger partial charge < -0.3 is 0 Å². The van der Waals surface area contributed by atoms with Gasteiger partial charge in [0.25, 0.3) is 0 Å². The van der Waals surface area contributed by atoms with Crippen LogP contribution in [0.2, 0.25) is 0 Å². The first-order valence-electron chi connectivity index (χ1n) is 7.62. The lowest BCUT2D eigenvalue weighted by Crippen LogP contribution is -2.32. The number of aromatic nitrogens is 2. The van der Waals surface area contributed by atoms with Crippen molar-refractivity contribution in [1.29, 1.82) is 0 Å². The third kappa shape index (κ3) is 2.78. The van der Waals surface area contributed by atoms with Crippen LogP contribution in [0.5, 0.6) is 0 Å². The van der Waals surface area contributed by atoms with Crippen LogP contribution in [0.4, 0.5) is 0 Å². The SMILES string of the molecule is Cc1nn(CCCN2C(=O)[C@H]3CCCC[C@@H]3C2=O)cc1Br. The van der Waals surface area contributed by atoms with Crippen molar-refractivity contribution >= 4 is 27.7 Å². The largest absolute Gasteiger partial charge is 0.282 e. The number of likely N-dealkylation sites (tertiary alicyclic amines) is 1. The van der Waals surface area contributed by atoms with Gasteiger partial charge in [0.2, 0.25) is 11.8 Å². The number of hydrogen-bond acceptors (Lipinski definition) is 3. The van der Waals surface area contributed by atoms with Crippen LogP contribution in [0.25, 0.3) is 0 Å². The molecule has 2 heterocycles. The van der Waals surface area contributed by atoms with E-state index in [9.17, 15) is 9.59 Å². The van der Waals surface area contributed by atoms with Crippen LogP contribution in [-0.2, 0) is 16.1 Å². The number of imide groups is 1. The Morgan fingerprint density at radius 1 is 1.19 bits per heavy atom. The number of nitrogens with zero attached hydrogens (tertiary/aromatic N) is 3. The van der Waals surface area contributed by atoms with Crippen molar-refractivity contribution in [3.05, 3.63) is 16.4 Å². The van der Waals surface area contributed by atoms with Crippen molar-refractivity contribution in [1.82, 2.24) is 14.7 Å². The van der Waals surface area contributed by atoms with Gasteiger partial charge in [0.1, 0.15) is 0 Å². The molecule has 5 nitrogen and oxygen atoms in total. The van der Waals surface area contributed by atoms with Crippen LogP contribution >= 0.6 is 15.9 Å². The van der Waals surface area contributed by atoms with Gasteiger partial charge in [-0.2, -0.15) is 5.10 Å². The molecule has 0 aromatic carbocycles. The molecule has 1 aliphatic carbocycles. The molecule has 3 rings (SSSR count). The number of rotatable bonds is 4. The molecule has 1 aromatic heterocycles.